The summed E-state index contributed by atoms with van der Waals surface area (Å²) >= 11 is 0. The van der Waals surface area contributed by atoms with Gasteiger partial charge in [-0.25, -0.2) is 9.36 Å². The molecule has 0 amide bonds. The summed E-state index contributed by atoms with van der Waals surface area (Å²) < 4.78 is 1.57. The van der Waals surface area contributed by atoms with Crippen LogP contribution in [-0.2, 0) is 6.54 Å². The van der Waals surface area contributed by atoms with E-state index in [1.165, 1.54) is 10.5 Å². The Morgan fingerprint density at radius 1 is 1.17 bits per heavy atom. The maximum absolute atomic E-state index is 12.4. The highest BCUT2D eigenvalue weighted by Crippen LogP contribution is 2.19. The summed E-state index contributed by atoms with van der Waals surface area (Å²) in [7, 11) is 0. The number of benzene rings is 1. The number of fused-ring (bicyclic) bond motifs is 1. The first kappa shape index (κ1) is 15.6. The van der Waals surface area contributed by atoms with Crippen molar-refractivity contribution >= 4 is 5.82 Å². The molecule has 3 rings (SSSR count). The second-order valence-corrected chi connectivity index (χ2v) is 6.53. The molecule has 122 valence electrons. The van der Waals surface area contributed by atoms with Crippen LogP contribution in [0.2, 0.25) is 0 Å². The van der Waals surface area contributed by atoms with Gasteiger partial charge in [0.1, 0.15) is 17.9 Å². The number of anilines is 1. The minimum absolute atomic E-state index is 0.296. The van der Waals surface area contributed by atoms with Gasteiger partial charge in [-0.3, -0.25) is 9.78 Å². The second-order valence-electron chi connectivity index (χ2n) is 6.53. The van der Waals surface area contributed by atoms with E-state index in [0.29, 0.717) is 30.6 Å². The minimum Gasteiger partial charge on any atom is -0.324 e. The molecule has 0 bridgehead atoms. The Balaban J connectivity index is 2.19. The molecule has 0 radical (unpaired) electrons. The van der Waals surface area contributed by atoms with Crippen molar-refractivity contribution in [2.75, 3.05) is 12.0 Å². The Hall–Kier alpha value is -2.34. The van der Waals surface area contributed by atoms with Crippen molar-refractivity contribution < 1.29 is 4.90 Å². The largest absolute Gasteiger partial charge is 0.334 e. The van der Waals surface area contributed by atoms with Gasteiger partial charge < -0.3 is 10.2 Å². The third kappa shape index (κ3) is 2.70. The highest BCUT2D eigenvalue weighted by atomic mass is 16.2. The molecule has 1 atom stereocenters. The quantitative estimate of drug-likeness (QED) is 0.747. The Bertz CT molecular complexity index is 864. The number of aryl methyl sites for hydroxylation is 2. The van der Waals surface area contributed by atoms with Crippen LogP contribution in [0.15, 0.2) is 27.8 Å². The molecule has 6 heteroatoms. The van der Waals surface area contributed by atoms with Gasteiger partial charge >= 0.3 is 5.69 Å². The number of aromatic nitrogens is 2. The van der Waals surface area contributed by atoms with Crippen LogP contribution in [-0.4, -0.2) is 22.3 Å². The molecule has 2 aromatic rings. The van der Waals surface area contributed by atoms with Crippen LogP contribution in [0.3, 0.4) is 0 Å². The third-order valence-electron chi connectivity index (χ3n) is 4.66. The van der Waals surface area contributed by atoms with E-state index in [0.717, 1.165) is 11.3 Å². The summed E-state index contributed by atoms with van der Waals surface area (Å²) in [5.74, 6) is 0.617. The number of quaternary nitrogens is 1. The van der Waals surface area contributed by atoms with Crippen LogP contribution < -0.4 is 21.5 Å². The minimum atomic E-state index is -0.405. The van der Waals surface area contributed by atoms with Gasteiger partial charge in [-0.05, 0) is 51.0 Å². The van der Waals surface area contributed by atoms with Crippen molar-refractivity contribution in [2.45, 2.75) is 40.3 Å². The Labute approximate surface area is 134 Å². The lowest BCUT2D eigenvalue weighted by atomic mass is 10.1. The number of nitrogens with zero attached hydrogens (tertiary/aromatic N) is 1. The molecule has 1 unspecified atom stereocenters. The lowest BCUT2D eigenvalue weighted by Crippen LogP contribution is -3.15. The monoisotopic (exact) mass is 315 g/mol. The van der Waals surface area contributed by atoms with Gasteiger partial charge in [0, 0.05) is 0 Å². The van der Waals surface area contributed by atoms with Gasteiger partial charge in [0.15, 0.2) is 6.67 Å². The fourth-order valence-corrected chi connectivity index (χ4v) is 2.93. The van der Waals surface area contributed by atoms with E-state index in [-0.39, 0.29) is 5.56 Å². The zero-order chi connectivity index (χ0) is 16.7. The second kappa shape index (κ2) is 5.70. The Morgan fingerprint density at radius 3 is 2.57 bits per heavy atom. The highest BCUT2D eigenvalue weighted by molar-refractivity contribution is 5.52. The van der Waals surface area contributed by atoms with Gasteiger partial charge in [0.2, 0.25) is 0 Å². The molecule has 23 heavy (non-hydrogen) atoms. The predicted molar refractivity (Wildman–Crippen MR) is 90.4 cm³/mol. The fourth-order valence-electron chi connectivity index (χ4n) is 2.93. The van der Waals surface area contributed by atoms with Crippen LogP contribution in [0.5, 0.6) is 0 Å². The molecular weight excluding hydrogens is 292 g/mol. The standard InChI is InChI=1S/C17H22N4O2/c1-10(2)20-8-14-15(18-9-20)21(17(23)19-16(14)22)13-6-5-11(3)12(4)7-13/h5-7,10,18H,8-9H2,1-4H3,(H,19,22,23)/p+1. The summed E-state index contributed by atoms with van der Waals surface area (Å²) in [6.45, 7) is 9.59. The topological polar surface area (TPSA) is 71.3 Å². The molecule has 0 aliphatic carbocycles. The zero-order valence-electron chi connectivity index (χ0n) is 14.0. The van der Waals surface area contributed by atoms with Crippen LogP contribution in [0.25, 0.3) is 5.69 Å². The number of H-pyrrole nitrogens is 1. The summed E-state index contributed by atoms with van der Waals surface area (Å²) in [5.41, 5.74) is 2.99. The van der Waals surface area contributed by atoms with Crippen LogP contribution in [0, 0.1) is 13.8 Å². The van der Waals surface area contributed by atoms with Gasteiger partial charge in [0.25, 0.3) is 5.56 Å². The molecule has 1 aromatic heterocycles. The normalized spacial score (nSPS) is 17.0. The van der Waals surface area contributed by atoms with Crippen molar-refractivity contribution in [2.24, 2.45) is 0 Å². The van der Waals surface area contributed by atoms with Gasteiger partial charge in [-0.2, -0.15) is 0 Å². The zero-order valence-corrected chi connectivity index (χ0v) is 14.0. The van der Waals surface area contributed by atoms with Gasteiger partial charge in [-0.15, -0.1) is 0 Å². The van der Waals surface area contributed by atoms with Crippen molar-refractivity contribution in [3.8, 4) is 5.69 Å². The van der Waals surface area contributed by atoms with Gasteiger partial charge in [-0.1, -0.05) is 6.07 Å². The smallest absolute Gasteiger partial charge is 0.324 e. The molecule has 0 fully saturated rings. The third-order valence-corrected chi connectivity index (χ3v) is 4.66. The molecule has 2 heterocycles. The molecule has 1 aromatic carbocycles. The number of nitrogens with one attached hydrogen (secondary N) is 3. The number of aromatic amines is 1. The summed E-state index contributed by atoms with van der Waals surface area (Å²) in [4.78, 5) is 28.3. The molecule has 3 N–H and O–H groups in total. The SMILES string of the molecule is Cc1ccc(-n2c3c(c(=O)[nH]c2=O)C[NH+](C(C)C)CN3)cc1C. The molecule has 0 spiro atoms. The highest BCUT2D eigenvalue weighted by Gasteiger charge is 2.27. The average Bonchev–Trinajstić information content (AvgIpc) is 2.50. The Morgan fingerprint density at radius 2 is 1.91 bits per heavy atom. The molecule has 0 saturated carbocycles. The van der Waals surface area contributed by atoms with Crippen molar-refractivity contribution in [1.29, 1.82) is 0 Å². The molecule has 0 saturated heterocycles. The number of hydrogen-bond acceptors (Lipinski definition) is 3. The van der Waals surface area contributed by atoms with Crippen molar-refractivity contribution in [3.05, 3.63) is 55.7 Å². The van der Waals surface area contributed by atoms with Crippen LogP contribution >= 0.6 is 0 Å². The predicted octanol–water partition coefficient (Wildman–Crippen LogP) is 0.319. The molecule has 1 aliphatic rings. The van der Waals surface area contributed by atoms with Crippen LogP contribution in [0.1, 0.15) is 30.5 Å². The lowest BCUT2D eigenvalue weighted by Gasteiger charge is -2.30. The van der Waals surface area contributed by atoms with E-state index >= 15 is 0 Å². The fraction of sp³-hybridized carbons (Fsp3) is 0.412. The maximum Gasteiger partial charge on any atom is 0.334 e. The summed E-state index contributed by atoms with van der Waals surface area (Å²) in [6.07, 6.45) is 0. The van der Waals surface area contributed by atoms with E-state index in [4.69, 9.17) is 0 Å². The van der Waals surface area contributed by atoms with E-state index in [9.17, 15) is 9.59 Å². The average molecular weight is 315 g/mol. The first-order valence-electron chi connectivity index (χ1n) is 7.92. The molecule has 6 nitrogen and oxygen atoms in total. The summed E-state index contributed by atoms with van der Waals surface area (Å²) in [6, 6.07) is 6.27. The lowest BCUT2D eigenvalue weighted by molar-refractivity contribution is -0.933. The van der Waals surface area contributed by atoms with Crippen molar-refractivity contribution in [1.82, 2.24) is 9.55 Å². The summed E-state index contributed by atoms with van der Waals surface area (Å²) in [5, 5.41) is 3.28. The first-order chi connectivity index (χ1) is 10.9. The van der Waals surface area contributed by atoms with Crippen molar-refractivity contribution in [3.63, 3.8) is 0 Å². The molecule has 1 aliphatic heterocycles. The van der Waals surface area contributed by atoms with Crippen LogP contribution in [0.4, 0.5) is 5.82 Å². The molecular formula is C17H23N4O2+. The van der Waals surface area contributed by atoms with E-state index in [2.05, 4.69) is 24.1 Å². The van der Waals surface area contributed by atoms with E-state index < -0.39 is 5.69 Å². The maximum atomic E-state index is 12.4. The first-order valence-corrected chi connectivity index (χ1v) is 7.92. The van der Waals surface area contributed by atoms with E-state index in [1.54, 1.807) is 4.57 Å². The number of hydrogen-bond donors (Lipinski definition) is 3. The Kier molecular flexibility index (Phi) is 3.85. The van der Waals surface area contributed by atoms with Gasteiger partial charge in [0.05, 0.1) is 11.7 Å². The van der Waals surface area contributed by atoms with E-state index in [1.807, 2.05) is 32.0 Å². The number of rotatable bonds is 2.